The molecule has 7 nitrogen and oxygen atoms in total. The average Bonchev–Trinajstić information content (AvgIpc) is 3.45. The van der Waals surface area contributed by atoms with Gasteiger partial charge in [-0.05, 0) is 47.9 Å². The Balaban J connectivity index is 1.39. The molecule has 0 radical (unpaired) electrons. The minimum absolute atomic E-state index is 0.0127. The third-order valence-electron chi connectivity index (χ3n) is 6.34. The number of ether oxygens (including phenoxy) is 1. The first-order valence-corrected chi connectivity index (χ1v) is 12.7. The number of hydrogen-bond acceptors (Lipinski definition) is 6. The number of aryl methyl sites for hydroxylation is 1. The summed E-state index contributed by atoms with van der Waals surface area (Å²) in [7, 11) is 3.40. The van der Waals surface area contributed by atoms with E-state index in [1.54, 1.807) is 25.1 Å². The third kappa shape index (κ3) is 4.77. The molecule has 36 heavy (non-hydrogen) atoms. The van der Waals surface area contributed by atoms with Gasteiger partial charge < -0.3 is 14.2 Å². The molecule has 0 spiro atoms. The molecule has 1 aliphatic rings. The molecule has 0 saturated carbocycles. The molecule has 4 aromatic rings. The van der Waals surface area contributed by atoms with Crippen LogP contribution >= 0.6 is 11.8 Å². The van der Waals surface area contributed by atoms with E-state index in [0.29, 0.717) is 29.5 Å². The number of para-hydroxylation sites is 1. The van der Waals surface area contributed by atoms with E-state index in [0.717, 1.165) is 29.0 Å². The molecule has 182 valence electrons. The van der Waals surface area contributed by atoms with E-state index in [9.17, 15) is 9.59 Å². The van der Waals surface area contributed by atoms with Crippen molar-refractivity contribution >= 4 is 29.1 Å². The summed E-state index contributed by atoms with van der Waals surface area (Å²) in [5.41, 5.74) is 4.42. The van der Waals surface area contributed by atoms with Crippen molar-refractivity contribution in [3.63, 3.8) is 0 Å². The minimum atomic E-state index is -0.0127. The first-order chi connectivity index (χ1) is 17.5. The van der Waals surface area contributed by atoms with Gasteiger partial charge in [-0.25, -0.2) is 0 Å². The highest BCUT2D eigenvalue weighted by atomic mass is 32.2. The number of thioether (sulfide) groups is 1. The van der Waals surface area contributed by atoms with E-state index in [1.807, 2.05) is 54.6 Å². The fraction of sp³-hybridized carbons (Fsp3) is 0.214. The molecule has 0 atom stereocenters. The molecule has 1 amide bonds. The number of likely N-dealkylation sites (N-methyl/N-ethyl adjacent to an activating group) is 1. The Kier molecular flexibility index (Phi) is 6.86. The lowest BCUT2D eigenvalue weighted by Gasteiger charge is -2.13. The van der Waals surface area contributed by atoms with Crippen molar-refractivity contribution in [3.05, 3.63) is 89.5 Å². The number of carbonyl (C=O) groups excluding carboxylic acids is 2. The van der Waals surface area contributed by atoms with Gasteiger partial charge in [-0.3, -0.25) is 9.59 Å². The molecule has 1 aromatic heterocycles. The van der Waals surface area contributed by atoms with Crippen LogP contribution in [0.25, 0.3) is 11.4 Å². The number of benzene rings is 3. The Bertz CT molecular complexity index is 1420. The van der Waals surface area contributed by atoms with Crippen molar-refractivity contribution in [2.45, 2.75) is 24.5 Å². The van der Waals surface area contributed by atoms with Crippen LogP contribution in [-0.4, -0.2) is 46.4 Å². The summed E-state index contributed by atoms with van der Waals surface area (Å²) in [5, 5.41) is 9.60. The maximum Gasteiger partial charge on any atom is 0.231 e. The van der Waals surface area contributed by atoms with Crippen molar-refractivity contribution in [1.29, 1.82) is 0 Å². The highest BCUT2D eigenvalue weighted by Gasteiger charge is 2.25. The van der Waals surface area contributed by atoms with E-state index in [1.165, 1.54) is 17.3 Å². The molecule has 5 rings (SSSR count). The number of aromatic nitrogens is 3. The van der Waals surface area contributed by atoms with Crippen LogP contribution in [0.4, 0.5) is 5.69 Å². The van der Waals surface area contributed by atoms with Crippen molar-refractivity contribution in [2.24, 2.45) is 0 Å². The number of fused-ring (bicyclic) bond motifs is 1. The molecule has 8 heteroatoms. The molecular formula is C28H26N4O3S. The molecule has 0 bridgehead atoms. The lowest BCUT2D eigenvalue weighted by atomic mass is 10.1. The highest BCUT2D eigenvalue weighted by Crippen LogP contribution is 2.32. The molecule has 3 aromatic carbocycles. The van der Waals surface area contributed by atoms with Gasteiger partial charge in [-0.1, -0.05) is 54.2 Å². The quantitative estimate of drug-likeness (QED) is 0.246. The topological polar surface area (TPSA) is 77.3 Å². The van der Waals surface area contributed by atoms with Crippen LogP contribution in [0.15, 0.2) is 78.0 Å². The van der Waals surface area contributed by atoms with Crippen molar-refractivity contribution in [3.8, 4) is 17.1 Å². The number of anilines is 1. The number of amides is 1. The Hall–Kier alpha value is -3.91. The zero-order valence-corrected chi connectivity index (χ0v) is 21.0. The van der Waals surface area contributed by atoms with Crippen molar-refractivity contribution in [1.82, 2.24) is 14.8 Å². The summed E-state index contributed by atoms with van der Waals surface area (Å²) in [6, 6.07) is 23.4. The van der Waals surface area contributed by atoms with Gasteiger partial charge in [0.05, 0.1) is 24.8 Å². The first-order valence-electron chi connectivity index (χ1n) is 11.7. The normalized spacial score (nSPS) is 12.6. The highest BCUT2D eigenvalue weighted by molar-refractivity contribution is 7.99. The van der Waals surface area contributed by atoms with Crippen LogP contribution in [-0.2, 0) is 24.2 Å². The minimum Gasteiger partial charge on any atom is -0.496 e. The molecule has 0 N–H and O–H groups in total. The smallest absolute Gasteiger partial charge is 0.231 e. The molecule has 0 saturated heterocycles. The number of rotatable bonds is 9. The zero-order valence-electron chi connectivity index (χ0n) is 20.2. The summed E-state index contributed by atoms with van der Waals surface area (Å²) in [6.07, 6.45) is 1.13. The van der Waals surface area contributed by atoms with Gasteiger partial charge in [0.1, 0.15) is 5.75 Å². The summed E-state index contributed by atoms with van der Waals surface area (Å²) in [5.74, 6) is 1.67. The maximum absolute atomic E-state index is 13.1. The van der Waals surface area contributed by atoms with E-state index < -0.39 is 0 Å². The fourth-order valence-electron chi connectivity index (χ4n) is 4.37. The standard InChI is InChI=1S/C28H26N4O3S/c1-31-23-13-12-20(16-21(23)17-26(31)34)24(33)18-36-28-30-29-27(22-10-6-7-11-25(22)35-2)32(28)15-14-19-8-4-3-5-9-19/h3-13,16H,14-15,17-18H2,1-2H3. The zero-order chi connectivity index (χ0) is 25.1. The van der Waals surface area contributed by atoms with Crippen LogP contribution in [0.2, 0.25) is 0 Å². The van der Waals surface area contributed by atoms with E-state index in [4.69, 9.17) is 4.74 Å². The van der Waals surface area contributed by atoms with Crippen LogP contribution in [0.1, 0.15) is 21.5 Å². The Morgan fingerprint density at radius 2 is 1.81 bits per heavy atom. The number of ketones is 1. The molecule has 0 fully saturated rings. The van der Waals surface area contributed by atoms with Gasteiger partial charge in [0, 0.05) is 24.8 Å². The number of carbonyl (C=O) groups is 2. The van der Waals surface area contributed by atoms with E-state index in [2.05, 4.69) is 26.9 Å². The predicted octanol–water partition coefficient (Wildman–Crippen LogP) is 4.69. The van der Waals surface area contributed by atoms with Gasteiger partial charge in [-0.2, -0.15) is 0 Å². The molecule has 0 aliphatic carbocycles. The Labute approximate surface area is 214 Å². The second-order valence-electron chi connectivity index (χ2n) is 8.58. The van der Waals surface area contributed by atoms with E-state index >= 15 is 0 Å². The molecule has 1 aliphatic heterocycles. The lowest BCUT2D eigenvalue weighted by molar-refractivity contribution is -0.117. The molecule has 2 heterocycles. The number of methoxy groups -OCH3 is 1. The van der Waals surface area contributed by atoms with Gasteiger partial charge in [-0.15, -0.1) is 10.2 Å². The van der Waals surface area contributed by atoms with Crippen LogP contribution in [0.3, 0.4) is 0 Å². The maximum atomic E-state index is 13.1. The van der Waals surface area contributed by atoms with Crippen LogP contribution in [0, 0.1) is 0 Å². The summed E-state index contributed by atoms with van der Waals surface area (Å²) < 4.78 is 7.62. The van der Waals surface area contributed by atoms with Gasteiger partial charge >= 0.3 is 0 Å². The summed E-state index contributed by atoms with van der Waals surface area (Å²) in [6.45, 7) is 0.661. The average molecular weight is 499 g/mol. The van der Waals surface area contributed by atoms with Crippen molar-refractivity contribution in [2.75, 3.05) is 24.8 Å². The van der Waals surface area contributed by atoms with Gasteiger partial charge in [0.15, 0.2) is 16.8 Å². The SMILES string of the molecule is COc1ccccc1-c1nnc(SCC(=O)c2ccc3c(c2)CC(=O)N3C)n1CCc1ccccc1. The molecule has 0 unspecified atom stereocenters. The first kappa shape index (κ1) is 23.8. The number of Topliss-reactive ketones (excluding diaryl/α,β-unsaturated/α-hetero) is 1. The van der Waals surface area contributed by atoms with Gasteiger partial charge in [0.25, 0.3) is 0 Å². The number of nitrogens with zero attached hydrogens (tertiary/aromatic N) is 4. The second-order valence-corrected chi connectivity index (χ2v) is 9.52. The lowest BCUT2D eigenvalue weighted by Crippen LogP contribution is -2.20. The third-order valence-corrected chi connectivity index (χ3v) is 7.31. The molecular weight excluding hydrogens is 472 g/mol. The van der Waals surface area contributed by atoms with E-state index in [-0.39, 0.29) is 17.4 Å². The van der Waals surface area contributed by atoms with Crippen LogP contribution in [0.5, 0.6) is 5.75 Å². The summed E-state index contributed by atoms with van der Waals surface area (Å²) >= 11 is 1.37. The Morgan fingerprint density at radius 3 is 2.61 bits per heavy atom. The largest absolute Gasteiger partial charge is 0.496 e. The monoisotopic (exact) mass is 498 g/mol. The fourth-order valence-corrected chi connectivity index (χ4v) is 5.23. The Morgan fingerprint density at radius 1 is 1.03 bits per heavy atom. The predicted molar refractivity (Wildman–Crippen MR) is 141 cm³/mol. The van der Waals surface area contributed by atoms with Crippen molar-refractivity contribution < 1.29 is 14.3 Å². The number of hydrogen-bond donors (Lipinski definition) is 0. The second kappa shape index (κ2) is 10.4. The summed E-state index contributed by atoms with van der Waals surface area (Å²) in [4.78, 5) is 26.7. The van der Waals surface area contributed by atoms with Gasteiger partial charge in [0.2, 0.25) is 5.91 Å². The van der Waals surface area contributed by atoms with Crippen LogP contribution < -0.4 is 9.64 Å².